The van der Waals surface area contributed by atoms with Gasteiger partial charge in [0, 0.05) is 18.2 Å². The standard InChI is InChI=1S/C9H11NO/c1-6-3-9-8(5-10-6)4-7(2)11-9/h4-6H,3H2,1-2H3. The first-order valence-corrected chi connectivity index (χ1v) is 3.88. The number of furan rings is 1. The van der Waals surface area contributed by atoms with Crippen LogP contribution in [0.5, 0.6) is 0 Å². The monoisotopic (exact) mass is 149 g/mol. The lowest BCUT2D eigenvalue weighted by molar-refractivity contribution is 0.466. The van der Waals surface area contributed by atoms with E-state index in [1.807, 2.05) is 19.2 Å². The summed E-state index contributed by atoms with van der Waals surface area (Å²) in [5.74, 6) is 2.07. The van der Waals surface area contributed by atoms with E-state index in [0.29, 0.717) is 6.04 Å². The maximum atomic E-state index is 5.49. The first kappa shape index (κ1) is 6.65. The number of hydrogen-bond donors (Lipinski definition) is 0. The van der Waals surface area contributed by atoms with Crippen LogP contribution in [0.4, 0.5) is 0 Å². The van der Waals surface area contributed by atoms with Gasteiger partial charge in [0.25, 0.3) is 0 Å². The van der Waals surface area contributed by atoms with Crippen LogP contribution in [0.15, 0.2) is 15.5 Å². The van der Waals surface area contributed by atoms with Crippen molar-refractivity contribution in [2.24, 2.45) is 4.99 Å². The topological polar surface area (TPSA) is 25.5 Å². The van der Waals surface area contributed by atoms with E-state index in [4.69, 9.17) is 4.42 Å². The first-order chi connectivity index (χ1) is 5.25. The van der Waals surface area contributed by atoms with Crippen molar-refractivity contribution in [3.63, 3.8) is 0 Å². The Bertz CT molecular complexity index is 299. The minimum Gasteiger partial charge on any atom is -0.466 e. The van der Waals surface area contributed by atoms with Crippen LogP contribution < -0.4 is 0 Å². The quantitative estimate of drug-likeness (QED) is 0.553. The lowest BCUT2D eigenvalue weighted by Gasteiger charge is -2.08. The summed E-state index contributed by atoms with van der Waals surface area (Å²) in [6.45, 7) is 4.06. The lowest BCUT2D eigenvalue weighted by Crippen LogP contribution is -2.09. The molecule has 1 unspecified atom stereocenters. The number of aryl methyl sites for hydroxylation is 1. The Balaban J connectivity index is 2.44. The number of nitrogens with zero attached hydrogens (tertiary/aromatic N) is 1. The Morgan fingerprint density at radius 3 is 3.27 bits per heavy atom. The highest BCUT2D eigenvalue weighted by atomic mass is 16.3. The van der Waals surface area contributed by atoms with E-state index in [2.05, 4.69) is 11.9 Å². The van der Waals surface area contributed by atoms with Crippen molar-refractivity contribution >= 4 is 6.21 Å². The second-order valence-electron chi connectivity index (χ2n) is 3.07. The molecule has 0 fully saturated rings. The summed E-state index contributed by atoms with van der Waals surface area (Å²) in [7, 11) is 0. The number of aliphatic imine (C=N–C) groups is 1. The average molecular weight is 149 g/mol. The maximum absolute atomic E-state index is 5.49. The van der Waals surface area contributed by atoms with Crippen molar-refractivity contribution in [1.82, 2.24) is 0 Å². The van der Waals surface area contributed by atoms with Gasteiger partial charge in [-0.05, 0) is 19.9 Å². The Morgan fingerprint density at radius 1 is 1.64 bits per heavy atom. The minimum atomic E-state index is 0.382. The van der Waals surface area contributed by atoms with E-state index in [1.54, 1.807) is 0 Å². The average Bonchev–Trinajstić information content (AvgIpc) is 2.27. The van der Waals surface area contributed by atoms with Crippen LogP contribution in [0.1, 0.15) is 24.0 Å². The fraction of sp³-hybridized carbons (Fsp3) is 0.444. The van der Waals surface area contributed by atoms with E-state index >= 15 is 0 Å². The summed E-state index contributed by atoms with van der Waals surface area (Å²) < 4.78 is 5.49. The zero-order valence-electron chi connectivity index (χ0n) is 6.79. The van der Waals surface area contributed by atoms with Crippen LogP contribution in [0.3, 0.4) is 0 Å². The van der Waals surface area contributed by atoms with Crippen molar-refractivity contribution in [1.29, 1.82) is 0 Å². The minimum absolute atomic E-state index is 0.382. The van der Waals surface area contributed by atoms with Crippen LogP contribution in [0, 0.1) is 6.92 Å². The van der Waals surface area contributed by atoms with Gasteiger partial charge in [-0.1, -0.05) is 0 Å². The molecule has 0 N–H and O–H groups in total. The molecule has 2 heterocycles. The zero-order chi connectivity index (χ0) is 7.84. The van der Waals surface area contributed by atoms with Crippen molar-refractivity contribution in [3.05, 3.63) is 23.2 Å². The van der Waals surface area contributed by atoms with Gasteiger partial charge in [0.2, 0.25) is 0 Å². The van der Waals surface area contributed by atoms with Gasteiger partial charge >= 0.3 is 0 Å². The molecule has 1 aromatic rings. The molecular weight excluding hydrogens is 138 g/mol. The molecule has 0 bridgehead atoms. The van der Waals surface area contributed by atoms with Crippen LogP contribution in [0.2, 0.25) is 0 Å². The molecule has 58 valence electrons. The van der Waals surface area contributed by atoms with Crippen molar-refractivity contribution in [2.45, 2.75) is 26.3 Å². The molecule has 1 aliphatic heterocycles. The molecule has 1 atom stereocenters. The van der Waals surface area contributed by atoms with Gasteiger partial charge in [0.1, 0.15) is 11.5 Å². The Morgan fingerprint density at radius 2 is 2.45 bits per heavy atom. The molecule has 0 aromatic carbocycles. The molecule has 1 aromatic heterocycles. The van der Waals surface area contributed by atoms with E-state index in [9.17, 15) is 0 Å². The van der Waals surface area contributed by atoms with Gasteiger partial charge < -0.3 is 4.42 Å². The van der Waals surface area contributed by atoms with Gasteiger partial charge in [-0.15, -0.1) is 0 Å². The smallest absolute Gasteiger partial charge is 0.115 e. The molecule has 11 heavy (non-hydrogen) atoms. The van der Waals surface area contributed by atoms with E-state index in [0.717, 1.165) is 23.5 Å². The fourth-order valence-electron chi connectivity index (χ4n) is 1.38. The predicted molar refractivity (Wildman–Crippen MR) is 44.2 cm³/mol. The maximum Gasteiger partial charge on any atom is 0.115 e. The summed E-state index contributed by atoms with van der Waals surface area (Å²) in [5, 5.41) is 0. The molecule has 0 spiro atoms. The molecular formula is C9H11NO. The van der Waals surface area contributed by atoms with Crippen molar-refractivity contribution in [2.75, 3.05) is 0 Å². The third kappa shape index (κ3) is 1.09. The third-order valence-electron chi connectivity index (χ3n) is 1.91. The van der Waals surface area contributed by atoms with Crippen LogP contribution >= 0.6 is 0 Å². The molecule has 0 saturated carbocycles. The number of rotatable bonds is 0. The largest absolute Gasteiger partial charge is 0.466 e. The first-order valence-electron chi connectivity index (χ1n) is 3.88. The van der Waals surface area contributed by atoms with Gasteiger partial charge in [-0.2, -0.15) is 0 Å². The number of hydrogen-bond acceptors (Lipinski definition) is 2. The highest BCUT2D eigenvalue weighted by Crippen LogP contribution is 2.19. The van der Waals surface area contributed by atoms with Gasteiger partial charge in [-0.3, -0.25) is 4.99 Å². The molecule has 2 rings (SSSR count). The van der Waals surface area contributed by atoms with Crippen LogP contribution in [-0.4, -0.2) is 12.3 Å². The Hall–Kier alpha value is -1.05. The second-order valence-corrected chi connectivity index (χ2v) is 3.07. The van der Waals surface area contributed by atoms with E-state index in [1.165, 1.54) is 0 Å². The zero-order valence-corrected chi connectivity index (χ0v) is 6.79. The summed E-state index contributed by atoms with van der Waals surface area (Å²) in [4.78, 5) is 4.30. The summed E-state index contributed by atoms with van der Waals surface area (Å²) >= 11 is 0. The van der Waals surface area contributed by atoms with Crippen LogP contribution in [0.25, 0.3) is 0 Å². The van der Waals surface area contributed by atoms with E-state index in [-0.39, 0.29) is 0 Å². The van der Waals surface area contributed by atoms with Crippen LogP contribution in [-0.2, 0) is 6.42 Å². The fourth-order valence-corrected chi connectivity index (χ4v) is 1.38. The lowest BCUT2D eigenvalue weighted by atomic mass is 10.1. The molecule has 2 heteroatoms. The molecule has 2 nitrogen and oxygen atoms in total. The highest BCUT2D eigenvalue weighted by Gasteiger charge is 2.14. The molecule has 0 amide bonds. The van der Waals surface area contributed by atoms with Crippen molar-refractivity contribution < 1.29 is 4.42 Å². The number of fused-ring (bicyclic) bond motifs is 1. The summed E-state index contributed by atoms with van der Waals surface area (Å²) in [5.41, 5.74) is 1.15. The summed E-state index contributed by atoms with van der Waals surface area (Å²) in [6, 6.07) is 2.41. The molecule has 1 aliphatic rings. The van der Waals surface area contributed by atoms with Gasteiger partial charge in [-0.25, -0.2) is 0 Å². The third-order valence-corrected chi connectivity index (χ3v) is 1.91. The van der Waals surface area contributed by atoms with Gasteiger partial charge in [0.05, 0.1) is 6.04 Å². The van der Waals surface area contributed by atoms with E-state index < -0.39 is 0 Å². The Labute approximate surface area is 65.9 Å². The molecule has 0 aliphatic carbocycles. The van der Waals surface area contributed by atoms with Crippen molar-refractivity contribution in [3.8, 4) is 0 Å². The normalized spacial score (nSPS) is 21.8. The Kier molecular flexibility index (Phi) is 1.34. The summed E-state index contributed by atoms with van der Waals surface area (Å²) in [6.07, 6.45) is 2.85. The van der Waals surface area contributed by atoms with Gasteiger partial charge in [0.15, 0.2) is 0 Å². The molecule has 0 saturated heterocycles. The SMILES string of the molecule is Cc1cc2c(o1)CC(C)N=C2. The highest BCUT2D eigenvalue weighted by molar-refractivity contribution is 5.82. The second kappa shape index (κ2) is 2.22. The molecule has 0 radical (unpaired) electrons. The predicted octanol–water partition coefficient (Wildman–Crippen LogP) is 1.95.